The monoisotopic (exact) mass is 467 g/mol. The van der Waals surface area contributed by atoms with Gasteiger partial charge in [-0.15, -0.1) is 11.3 Å². The molecule has 168 valence electrons. The third-order valence-corrected chi connectivity index (χ3v) is 5.72. The topological polar surface area (TPSA) is 45.2 Å². The van der Waals surface area contributed by atoms with Crippen LogP contribution >= 0.6 is 11.3 Å². The van der Waals surface area contributed by atoms with Crippen molar-refractivity contribution in [3.8, 4) is 0 Å². The molecule has 3 aromatic carbocycles. The van der Waals surface area contributed by atoms with E-state index in [2.05, 4.69) is 15.2 Å². The summed E-state index contributed by atoms with van der Waals surface area (Å²) >= 11 is 1.35. The third-order valence-electron chi connectivity index (χ3n) is 4.88. The van der Waals surface area contributed by atoms with Gasteiger partial charge in [0.05, 0.1) is 6.54 Å². The Hall–Kier alpha value is -3.49. The molecule has 0 fully saturated rings. The molecule has 0 saturated carbocycles. The van der Waals surface area contributed by atoms with Gasteiger partial charge in [-0.3, -0.25) is 9.69 Å². The molecule has 0 aliphatic carbocycles. The molecule has 0 bridgehead atoms. The lowest BCUT2D eigenvalue weighted by atomic mass is 10.1. The molecule has 1 N–H and O–H groups in total. The van der Waals surface area contributed by atoms with Gasteiger partial charge in [0.1, 0.15) is 28.2 Å². The molecule has 0 aliphatic heterocycles. The molecule has 0 unspecified atom stereocenters. The van der Waals surface area contributed by atoms with E-state index in [-0.39, 0.29) is 29.1 Å². The lowest BCUT2D eigenvalue weighted by Crippen LogP contribution is -2.22. The normalized spacial score (nSPS) is 11.0. The Morgan fingerprint density at radius 2 is 1.24 bits per heavy atom. The molecule has 4 rings (SSSR count). The molecule has 0 radical (unpaired) electrons. The summed E-state index contributed by atoms with van der Waals surface area (Å²) in [5.41, 5.74) is 2.58. The first-order valence-corrected chi connectivity index (χ1v) is 11.0. The van der Waals surface area contributed by atoms with Crippen molar-refractivity contribution in [2.24, 2.45) is 0 Å². The van der Waals surface area contributed by atoms with E-state index in [4.69, 9.17) is 0 Å². The van der Waals surface area contributed by atoms with Gasteiger partial charge in [-0.25, -0.2) is 18.2 Å². The third kappa shape index (κ3) is 6.50. The molecule has 8 heteroatoms. The highest BCUT2D eigenvalue weighted by atomic mass is 32.1. The standard InChI is InChI=1S/C25H20F3N3OS/c26-19-5-1-17(2-6-19)13-31(14-18-3-7-20(27)8-4-18)15-24-30-23(16-33-24)25(32)29-22-11-9-21(28)10-12-22/h1-12,16H,13-15H2,(H,29,32). The van der Waals surface area contributed by atoms with Crippen LogP contribution in [-0.2, 0) is 19.6 Å². The Balaban J connectivity index is 1.47. The number of nitrogens with zero attached hydrogens (tertiary/aromatic N) is 2. The molecule has 0 spiro atoms. The zero-order chi connectivity index (χ0) is 23.2. The molecule has 4 nitrogen and oxygen atoms in total. The number of hydrogen-bond acceptors (Lipinski definition) is 4. The number of carbonyl (C=O) groups is 1. The van der Waals surface area contributed by atoms with E-state index in [1.807, 2.05) is 0 Å². The summed E-state index contributed by atoms with van der Waals surface area (Å²) in [7, 11) is 0. The van der Waals surface area contributed by atoms with Gasteiger partial charge in [0.2, 0.25) is 0 Å². The van der Waals surface area contributed by atoms with Crippen molar-refractivity contribution in [3.05, 3.63) is 117 Å². The Labute approximate surface area is 193 Å². The highest BCUT2D eigenvalue weighted by Crippen LogP contribution is 2.19. The Morgan fingerprint density at radius 3 is 1.76 bits per heavy atom. The summed E-state index contributed by atoms with van der Waals surface area (Å²) in [6.45, 7) is 1.49. The second-order valence-electron chi connectivity index (χ2n) is 7.49. The summed E-state index contributed by atoms with van der Waals surface area (Å²) < 4.78 is 39.7. The number of halogens is 3. The molecule has 1 aromatic heterocycles. The van der Waals surface area contributed by atoms with Crippen LogP contribution in [0.2, 0.25) is 0 Å². The predicted octanol–water partition coefficient (Wildman–Crippen LogP) is 6.02. The minimum Gasteiger partial charge on any atom is -0.321 e. The molecule has 1 amide bonds. The predicted molar refractivity (Wildman–Crippen MR) is 122 cm³/mol. The molecular weight excluding hydrogens is 447 g/mol. The van der Waals surface area contributed by atoms with Crippen molar-refractivity contribution in [2.75, 3.05) is 5.32 Å². The maximum Gasteiger partial charge on any atom is 0.275 e. The zero-order valence-electron chi connectivity index (χ0n) is 17.5. The summed E-state index contributed by atoms with van der Waals surface area (Å²) in [4.78, 5) is 19.0. The Morgan fingerprint density at radius 1 is 0.758 bits per heavy atom. The van der Waals surface area contributed by atoms with Crippen LogP contribution in [0, 0.1) is 17.5 Å². The van der Waals surface area contributed by atoms with E-state index in [0.717, 1.165) is 16.1 Å². The Kier molecular flexibility index (Phi) is 7.16. The lowest BCUT2D eigenvalue weighted by molar-refractivity contribution is 0.102. The highest BCUT2D eigenvalue weighted by Gasteiger charge is 2.15. The SMILES string of the molecule is O=C(Nc1ccc(F)cc1)c1csc(CN(Cc2ccc(F)cc2)Cc2ccc(F)cc2)n1. The molecule has 33 heavy (non-hydrogen) atoms. The average Bonchev–Trinajstić information content (AvgIpc) is 3.27. The van der Waals surface area contributed by atoms with Gasteiger partial charge in [0.25, 0.3) is 5.91 Å². The van der Waals surface area contributed by atoms with Gasteiger partial charge < -0.3 is 5.32 Å². The van der Waals surface area contributed by atoms with E-state index in [1.165, 1.54) is 59.9 Å². The second kappa shape index (κ2) is 10.4. The van der Waals surface area contributed by atoms with Crippen LogP contribution in [0.15, 0.2) is 78.2 Å². The number of thiazole rings is 1. The van der Waals surface area contributed by atoms with Gasteiger partial charge in [-0.2, -0.15) is 0 Å². The largest absolute Gasteiger partial charge is 0.321 e. The van der Waals surface area contributed by atoms with Crippen molar-refractivity contribution in [2.45, 2.75) is 19.6 Å². The number of benzene rings is 3. The quantitative estimate of drug-likeness (QED) is 0.345. The van der Waals surface area contributed by atoms with Gasteiger partial charge in [0.15, 0.2) is 0 Å². The fourth-order valence-corrected chi connectivity index (χ4v) is 4.09. The van der Waals surface area contributed by atoms with Crippen LogP contribution in [0.5, 0.6) is 0 Å². The van der Waals surface area contributed by atoms with Crippen LogP contribution in [0.25, 0.3) is 0 Å². The molecule has 0 saturated heterocycles. The number of anilines is 1. The van der Waals surface area contributed by atoms with E-state index in [0.29, 0.717) is 25.3 Å². The molecule has 4 aromatic rings. The summed E-state index contributed by atoms with van der Waals surface area (Å²) in [5, 5.41) is 5.09. The van der Waals surface area contributed by atoms with E-state index >= 15 is 0 Å². The minimum absolute atomic E-state index is 0.267. The second-order valence-corrected chi connectivity index (χ2v) is 8.43. The van der Waals surface area contributed by atoms with Crippen molar-refractivity contribution in [3.63, 3.8) is 0 Å². The number of amides is 1. The van der Waals surface area contributed by atoms with Gasteiger partial charge in [0, 0.05) is 24.2 Å². The van der Waals surface area contributed by atoms with E-state index < -0.39 is 0 Å². The first-order chi connectivity index (χ1) is 15.9. The molecule has 1 heterocycles. The van der Waals surface area contributed by atoms with Crippen molar-refractivity contribution in [1.29, 1.82) is 0 Å². The smallest absolute Gasteiger partial charge is 0.275 e. The number of nitrogens with one attached hydrogen (secondary N) is 1. The number of rotatable bonds is 8. The van der Waals surface area contributed by atoms with Crippen molar-refractivity contribution >= 4 is 22.9 Å². The van der Waals surface area contributed by atoms with Crippen LogP contribution in [0.1, 0.15) is 26.6 Å². The van der Waals surface area contributed by atoms with E-state index in [1.54, 1.807) is 29.6 Å². The van der Waals surface area contributed by atoms with Crippen LogP contribution in [-0.4, -0.2) is 15.8 Å². The van der Waals surface area contributed by atoms with Gasteiger partial charge in [-0.05, 0) is 59.7 Å². The van der Waals surface area contributed by atoms with Crippen LogP contribution in [0.4, 0.5) is 18.9 Å². The molecular formula is C25H20F3N3OS. The number of hydrogen-bond donors (Lipinski definition) is 1. The van der Waals surface area contributed by atoms with Gasteiger partial charge in [-0.1, -0.05) is 24.3 Å². The minimum atomic E-state index is -0.383. The maximum atomic E-state index is 13.3. The number of aromatic nitrogens is 1. The van der Waals surface area contributed by atoms with Crippen molar-refractivity contribution < 1.29 is 18.0 Å². The first kappa shape index (κ1) is 22.7. The fourth-order valence-electron chi connectivity index (χ4n) is 3.27. The Bertz CT molecular complexity index is 1160. The molecule has 0 aliphatic rings. The van der Waals surface area contributed by atoms with Gasteiger partial charge >= 0.3 is 0 Å². The first-order valence-electron chi connectivity index (χ1n) is 10.2. The summed E-state index contributed by atoms with van der Waals surface area (Å²) in [6, 6.07) is 18.0. The van der Waals surface area contributed by atoms with E-state index in [9.17, 15) is 18.0 Å². The van der Waals surface area contributed by atoms with Crippen LogP contribution < -0.4 is 5.32 Å². The highest BCUT2D eigenvalue weighted by molar-refractivity contribution is 7.09. The van der Waals surface area contributed by atoms with Crippen molar-refractivity contribution in [1.82, 2.24) is 9.88 Å². The zero-order valence-corrected chi connectivity index (χ0v) is 18.3. The maximum absolute atomic E-state index is 13.3. The fraction of sp³-hybridized carbons (Fsp3) is 0.120. The number of carbonyl (C=O) groups excluding carboxylic acids is 1. The lowest BCUT2D eigenvalue weighted by Gasteiger charge is -2.21. The average molecular weight is 468 g/mol. The summed E-state index contributed by atoms with van der Waals surface area (Å²) in [5.74, 6) is -1.37. The molecule has 0 atom stereocenters. The summed E-state index contributed by atoms with van der Waals surface area (Å²) in [6.07, 6.45) is 0. The van der Waals surface area contributed by atoms with Crippen LogP contribution in [0.3, 0.4) is 0 Å².